The third kappa shape index (κ3) is 4.43. The molecule has 1 fully saturated rings. The molecule has 4 heteroatoms. The summed E-state index contributed by atoms with van der Waals surface area (Å²) in [6.45, 7) is 2.01. The van der Waals surface area contributed by atoms with Gasteiger partial charge in [-0.15, -0.1) is 0 Å². The molecule has 1 amide bonds. The second-order valence-corrected chi connectivity index (χ2v) is 5.45. The Labute approximate surface area is 96.6 Å². The predicted octanol–water partition coefficient (Wildman–Crippen LogP) is 1.51. The fourth-order valence-electron chi connectivity index (χ4n) is 1.95. The molecule has 0 saturated heterocycles. The second-order valence-electron chi connectivity index (χ2n) is 4.31. The number of rotatable bonds is 5. The van der Waals surface area contributed by atoms with Crippen LogP contribution in [0.4, 0.5) is 0 Å². The van der Waals surface area contributed by atoms with Gasteiger partial charge in [-0.25, -0.2) is 0 Å². The number of carbonyl (C=O) groups is 1. The van der Waals surface area contributed by atoms with E-state index in [1.807, 2.05) is 18.7 Å². The Balaban J connectivity index is 2.21. The van der Waals surface area contributed by atoms with Crippen molar-refractivity contribution in [2.45, 2.75) is 56.4 Å². The molecule has 3 unspecified atom stereocenters. The highest BCUT2D eigenvalue weighted by Gasteiger charge is 2.25. The first-order chi connectivity index (χ1) is 7.15. The summed E-state index contributed by atoms with van der Waals surface area (Å²) in [7, 11) is 0. The average Bonchev–Trinajstić information content (AvgIpc) is 2.65. The molecular formula is C11H22N2OS. The second kappa shape index (κ2) is 6.38. The van der Waals surface area contributed by atoms with Crippen molar-refractivity contribution in [3.63, 3.8) is 0 Å². The van der Waals surface area contributed by atoms with Gasteiger partial charge in [0.15, 0.2) is 0 Å². The third-order valence-corrected chi connectivity index (χ3v) is 4.15. The van der Waals surface area contributed by atoms with Crippen molar-refractivity contribution in [1.82, 2.24) is 5.32 Å². The van der Waals surface area contributed by atoms with Gasteiger partial charge in [-0.2, -0.15) is 11.8 Å². The van der Waals surface area contributed by atoms with Crippen LogP contribution in [-0.2, 0) is 4.79 Å². The summed E-state index contributed by atoms with van der Waals surface area (Å²) in [5.41, 5.74) is 5.74. The van der Waals surface area contributed by atoms with E-state index in [1.54, 1.807) is 0 Å². The number of nitrogens with one attached hydrogen (secondary N) is 1. The first-order valence-corrected chi connectivity index (χ1v) is 7.02. The normalized spacial score (nSPS) is 27.7. The topological polar surface area (TPSA) is 55.1 Å². The van der Waals surface area contributed by atoms with Crippen LogP contribution in [-0.4, -0.2) is 29.5 Å². The molecule has 3 nitrogen and oxygen atoms in total. The molecule has 0 radical (unpaired) electrons. The van der Waals surface area contributed by atoms with Gasteiger partial charge in [-0.1, -0.05) is 6.92 Å². The highest BCUT2D eigenvalue weighted by Crippen LogP contribution is 2.28. The first kappa shape index (κ1) is 12.8. The number of thioether (sulfide) groups is 1. The lowest BCUT2D eigenvalue weighted by Gasteiger charge is -2.14. The number of hydrogen-bond donors (Lipinski definition) is 2. The van der Waals surface area contributed by atoms with E-state index in [0.29, 0.717) is 12.5 Å². The molecule has 1 saturated carbocycles. The molecular weight excluding hydrogens is 208 g/mol. The monoisotopic (exact) mass is 230 g/mol. The van der Waals surface area contributed by atoms with Crippen molar-refractivity contribution in [1.29, 1.82) is 0 Å². The number of amides is 1. The highest BCUT2D eigenvalue weighted by molar-refractivity contribution is 7.99. The molecule has 3 N–H and O–H groups in total. The maximum absolute atomic E-state index is 11.6. The Kier molecular flexibility index (Phi) is 5.47. The van der Waals surface area contributed by atoms with Crippen molar-refractivity contribution in [3.05, 3.63) is 0 Å². The average molecular weight is 230 g/mol. The summed E-state index contributed by atoms with van der Waals surface area (Å²) in [4.78, 5) is 11.6. The van der Waals surface area contributed by atoms with Gasteiger partial charge in [0.1, 0.15) is 0 Å². The van der Waals surface area contributed by atoms with Crippen LogP contribution >= 0.6 is 11.8 Å². The van der Waals surface area contributed by atoms with Crippen molar-refractivity contribution in [3.8, 4) is 0 Å². The molecule has 0 aromatic rings. The van der Waals surface area contributed by atoms with E-state index in [2.05, 4.69) is 11.6 Å². The van der Waals surface area contributed by atoms with Crippen LogP contribution in [0, 0.1) is 0 Å². The molecule has 88 valence electrons. The van der Waals surface area contributed by atoms with E-state index >= 15 is 0 Å². The van der Waals surface area contributed by atoms with Crippen LogP contribution < -0.4 is 11.1 Å². The van der Waals surface area contributed by atoms with Gasteiger partial charge in [-0.3, -0.25) is 4.79 Å². The van der Waals surface area contributed by atoms with Gasteiger partial charge in [0.2, 0.25) is 5.91 Å². The van der Waals surface area contributed by atoms with Crippen molar-refractivity contribution in [2.75, 3.05) is 6.26 Å². The number of nitrogens with two attached hydrogens (primary N) is 1. The molecule has 1 aliphatic carbocycles. The van der Waals surface area contributed by atoms with Crippen molar-refractivity contribution in [2.24, 2.45) is 5.73 Å². The Bertz CT molecular complexity index is 211. The lowest BCUT2D eigenvalue weighted by molar-refractivity contribution is -0.122. The zero-order chi connectivity index (χ0) is 11.3. The zero-order valence-electron chi connectivity index (χ0n) is 9.66. The molecule has 0 heterocycles. The van der Waals surface area contributed by atoms with Crippen LogP contribution in [0.1, 0.15) is 39.0 Å². The molecule has 1 aliphatic rings. The quantitative estimate of drug-likeness (QED) is 0.753. The third-order valence-electron chi connectivity index (χ3n) is 3.05. The SMILES string of the molecule is CCC(N)CC(=O)NC1CCC(SC)C1. The summed E-state index contributed by atoms with van der Waals surface area (Å²) < 4.78 is 0. The van der Waals surface area contributed by atoms with E-state index in [0.717, 1.165) is 24.5 Å². The van der Waals surface area contributed by atoms with Gasteiger partial charge in [-0.05, 0) is 31.9 Å². The maximum Gasteiger partial charge on any atom is 0.221 e. The zero-order valence-corrected chi connectivity index (χ0v) is 10.5. The molecule has 0 bridgehead atoms. The fourth-order valence-corrected chi connectivity index (χ4v) is 2.75. The van der Waals surface area contributed by atoms with E-state index in [4.69, 9.17) is 5.73 Å². The van der Waals surface area contributed by atoms with Crippen LogP contribution in [0.3, 0.4) is 0 Å². The lowest BCUT2D eigenvalue weighted by Crippen LogP contribution is -2.37. The molecule has 15 heavy (non-hydrogen) atoms. The van der Waals surface area contributed by atoms with Gasteiger partial charge in [0, 0.05) is 23.8 Å². The summed E-state index contributed by atoms with van der Waals surface area (Å²) in [5, 5.41) is 3.81. The van der Waals surface area contributed by atoms with E-state index in [9.17, 15) is 4.79 Å². The van der Waals surface area contributed by atoms with Gasteiger partial charge in [0.05, 0.1) is 0 Å². The van der Waals surface area contributed by atoms with E-state index in [1.165, 1.54) is 6.42 Å². The predicted molar refractivity (Wildman–Crippen MR) is 66.0 cm³/mol. The van der Waals surface area contributed by atoms with Crippen LogP contribution in [0.2, 0.25) is 0 Å². The van der Waals surface area contributed by atoms with E-state index in [-0.39, 0.29) is 11.9 Å². The van der Waals surface area contributed by atoms with Crippen LogP contribution in [0.15, 0.2) is 0 Å². The summed E-state index contributed by atoms with van der Waals surface area (Å²) >= 11 is 1.91. The van der Waals surface area contributed by atoms with Crippen LogP contribution in [0.25, 0.3) is 0 Å². The molecule has 0 aliphatic heterocycles. The standard InChI is InChI=1S/C11H22N2OS/c1-3-8(12)6-11(14)13-9-4-5-10(7-9)15-2/h8-10H,3-7,12H2,1-2H3,(H,13,14). The molecule has 0 aromatic heterocycles. The smallest absolute Gasteiger partial charge is 0.221 e. The molecule has 1 rings (SSSR count). The number of carbonyl (C=O) groups excluding carboxylic acids is 1. The number of hydrogen-bond acceptors (Lipinski definition) is 3. The fraction of sp³-hybridized carbons (Fsp3) is 0.909. The lowest BCUT2D eigenvalue weighted by atomic mass is 10.1. The molecule has 3 atom stereocenters. The van der Waals surface area contributed by atoms with Crippen molar-refractivity contribution >= 4 is 17.7 Å². The minimum Gasteiger partial charge on any atom is -0.353 e. The minimum atomic E-state index is 0.0164. The summed E-state index contributed by atoms with van der Waals surface area (Å²) in [5.74, 6) is 0.121. The summed E-state index contributed by atoms with van der Waals surface area (Å²) in [6.07, 6.45) is 6.95. The van der Waals surface area contributed by atoms with Gasteiger partial charge in [0.25, 0.3) is 0 Å². The Morgan fingerprint density at radius 3 is 2.87 bits per heavy atom. The largest absolute Gasteiger partial charge is 0.353 e. The van der Waals surface area contributed by atoms with Gasteiger partial charge >= 0.3 is 0 Å². The van der Waals surface area contributed by atoms with Crippen LogP contribution in [0.5, 0.6) is 0 Å². The first-order valence-electron chi connectivity index (χ1n) is 5.73. The molecule has 0 aromatic carbocycles. The summed E-state index contributed by atoms with van der Waals surface area (Å²) in [6, 6.07) is 0.404. The Morgan fingerprint density at radius 2 is 2.33 bits per heavy atom. The Morgan fingerprint density at radius 1 is 1.60 bits per heavy atom. The maximum atomic E-state index is 11.6. The minimum absolute atomic E-state index is 0.0164. The highest BCUT2D eigenvalue weighted by atomic mass is 32.2. The van der Waals surface area contributed by atoms with E-state index < -0.39 is 0 Å². The van der Waals surface area contributed by atoms with Crippen molar-refractivity contribution < 1.29 is 4.79 Å². The van der Waals surface area contributed by atoms with Gasteiger partial charge < -0.3 is 11.1 Å². The molecule has 0 spiro atoms. The Hall–Kier alpha value is -0.220.